The average Bonchev–Trinajstić information content (AvgIpc) is 2.18. The second kappa shape index (κ2) is 4.80. The van der Waals surface area contributed by atoms with Gasteiger partial charge in [0.1, 0.15) is 0 Å². The summed E-state index contributed by atoms with van der Waals surface area (Å²) >= 11 is 0. The molecule has 1 aromatic rings. The Morgan fingerprint density at radius 1 is 1.46 bits per heavy atom. The number of carbonyl (C=O) groups is 1. The normalized spacial score (nSPS) is 10.0. The highest BCUT2D eigenvalue weighted by Gasteiger charge is 2.02. The summed E-state index contributed by atoms with van der Waals surface area (Å²) in [6.07, 6.45) is 2.68. The minimum Gasteiger partial charge on any atom is -0.294 e. The number of benzene rings is 1. The van der Waals surface area contributed by atoms with Gasteiger partial charge in [0.25, 0.3) is 0 Å². The van der Waals surface area contributed by atoms with Crippen molar-refractivity contribution in [3.8, 4) is 0 Å². The first-order chi connectivity index (χ1) is 6.27. The van der Waals surface area contributed by atoms with Crippen molar-refractivity contribution in [2.75, 3.05) is 0 Å². The van der Waals surface area contributed by atoms with E-state index in [1.165, 1.54) is 0 Å². The van der Waals surface area contributed by atoms with Gasteiger partial charge in [0.2, 0.25) is 0 Å². The fourth-order valence-corrected chi connectivity index (χ4v) is 1.31. The van der Waals surface area contributed by atoms with Gasteiger partial charge in [-0.3, -0.25) is 4.79 Å². The maximum Gasteiger partial charge on any atom is 0.162 e. The largest absolute Gasteiger partial charge is 0.294 e. The highest BCUT2D eigenvalue weighted by Crippen LogP contribution is 2.08. The summed E-state index contributed by atoms with van der Waals surface area (Å²) in [6, 6.07) is 8.77. The third-order valence-corrected chi connectivity index (χ3v) is 2.02. The monoisotopic (exact) mass is 175 g/mol. The molecular weight excluding hydrogens is 160 g/mol. The molecule has 0 bridgehead atoms. The lowest BCUT2D eigenvalue weighted by Crippen LogP contribution is -1.97. The number of carbonyl (C=O) groups excluding carboxylic acids is 1. The van der Waals surface area contributed by atoms with E-state index in [1.54, 1.807) is 0 Å². The van der Waals surface area contributed by atoms with Gasteiger partial charge in [-0.15, -0.1) is 0 Å². The van der Waals surface area contributed by atoms with Crippen LogP contribution in [-0.4, -0.2) is 5.78 Å². The highest BCUT2D eigenvalue weighted by molar-refractivity contribution is 5.95. The summed E-state index contributed by atoms with van der Waals surface area (Å²) in [5, 5.41) is 0. The van der Waals surface area contributed by atoms with Crippen LogP contribution in [0.4, 0.5) is 0 Å². The lowest BCUT2D eigenvalue weighted by Gasteiger charge is -2.01. The Morgan fingerprint density at radius 2 is 2.23 bits per heavy atom. The van der Waals surface area contributed by atoms with Crippen molar-refractivity contribution in [3.63, 3.8) is 0 Å². The van der Waals surface area contributed by atoms with E-state index in [0.717, 1.165) is 24.0 Å². The minimum absolute atomic E-state index is 0.214. The SMILES string of the molecule is CCCc1[c]ccc(C(=O)CC)c1. The van der Waals surface area contributed by atoms with Crippen LogP contribution in [-0.2, 0) is 6.42 Å². The van der Waals surface area contributed by atoms with Gasteiger partial charge in [0, 0.05) is 12.0 Å². The van der Waals surface area contributed by atoms with Gasteiger partial charge >= 0.3 is 0 Å². The van der Waals surface area contributed by atoms with Crippen molar-refractivity contribution in [3.05, 3.63) is 35.4 Å². The number of hydrogen-bond acceptors (Lipinski definition) is 1. The molecule has 0 aliphatic carbocycles. The Kier molecular flexibility index (Phi) is 3.69. The third-order valence-electron chi connectivity index (χ3n) is 2.02. The zero-order valence-corrected chi connectivity index (χ0v) is 8.26. The smallest absolute Gasteiger partial charge is 0.162 e. The van der Waals surface area contributed by atoms with Crippen LogP contribution in [0.1, 0.15) is 42.6 Å². The van der Waals surface area contributed by atoms with Gasteiger partial charge in [-0.05, 0) is 24.1 Å². The lowest BCUT2D eigenvalue weighted by atomic mass is 10.0. The van der Waals surface area contributed by atoms with Crippen LogP contribution in [0.3, 0.4) is 0 Å². The summed E-state index contributed by atoms with van der Waals surface area (Å²) in [7, 11) is 0. The quantitative estimate of drug-likeness (QED) is 0.643. The Balaban J connectivity index is 2.85. The fourth-order valence-electron chi connectivity index (χ4n) is 1.31. The molecule has 0 amide bonds. The summed E-state index contributed by atoms with van der Waals surface area (Å²) in [5.74, 6) is 0.214. The maximum absolute atomic E-state index is 11.4. The van der Waals surface area contributed by atoms with Gasteiger partial charge in [0.05, 0.1) is 0 Å². The molecule has 0 aliphatic heterocycles. The van der Waals surface area contributed by atoms with Crippen molar-refractivity contribution in [2.45, 2.75) is 33.1 Å². The Bertz CT molecular complexity index is 289. The Hall–Kier alpha value is -1.11. The number of ketones is 1. The highest BCUT2D eigenvalue weighted by atomic mass is 16.1. The van der Waals surface area contributed by atoms with E-state index in [0.29, 0.717) is 6.42 Å². The van der Waals surface area contributed by atoms with Crippen LogP contribution in [0.15, 0.2) is 18.2 Å². The van der Waals surface area contributed by atoms with Crippen LogP contribution >= 0.6 is 0 Å². The van der Waals surface area contributed by atoms with Crippen molar-refractivity contribution in [1.82, 2.24) is 0 Å². The number of hydrogen-bond donors (Lipinski definition) is 0. The molecule has 1 radical (unpaired) electrons. The zero-order valence-electron chi connectivity index (χ0n) is 8.26. The molecule has 0 spiro atoms. The molecule has 1 heteroatoms. The van der Waals surface area contributed by atoms with E-state index in [1.807, 2.05) is 25.1 Å². The molecular formula is C12H15O. The number of Topliss-reactive ketones (excluding diaryl/α,β-unsaturated/α-hetero) is 1. The number of aryl methyl sites for hydroxylation is 1. The molecule has 0 unspecified atom stereocenters. The van der Waals surface area contributed by atoms with E-state index in [4.69, 9.17) is 0 Å². The first kappa shape index (κ1) is 9.97. The van der Waals surface area contributed by atoms with Gasteiger partial charge in [-0.25, -0.2) is 0 Å². The fraction of sp³-hybridized carbons (Fsp3) is 0.417. The molecule has 0 aromatic heterocycles. The molecule has 0 N–H and O–H groups in total. The van der Waals surface area contributed by atoms with Gasteiger partial charge in [-0.1, -0.05) is 32.4 Å². The van der Waals surface area contributed by atoms with E-state index in [9.17, 15) is 4.79 Å². The van der Waals surface area contributed by atoms with E-state index < -0.39 is 0 Å². The summed E-state index contributed by atoms with van der Waals surface area (Å²) < 4.78 is 0. The second-order valence-electron chi connectivity index (χ2n) is 3.13. The van der Waals surface area contributed by atoms with Crippen LogP contribution in [0, 0.1) is 6.07 Å². The van der Waals surface area contributed by atoms with Crippen molar-refractivity contribution < 1.29 is 4.79 Å². The average molecular weight is 175 g/mol. The topological polar surface area (TPSA) is 17.1 Å². The van der Waals surface area contributed by atoms with Crippen molar-refractivity contribution in [2.24, 2.45) is 0 Å². The summed E-state index contributed by atoms with van der Waals surface area (Å²) in [4.78, 5) is 11.4. The first-order valence-electron chi connectivity index (χ1n) is 4.81. The Labute approximate surface area is 79.8 Å². The van der Waals surface area contributed by atoms with E-state index in [2.05, 4.69) is 13.0 Å². The van der Waals surface area contributed by atoms with Gasteiger partial charge in [0.15, 0.2) is 5.78 Å². The van der Waals surface area contributed by atoms with Gasteiger partial charge in [-0.2, -0.15) is 0 Å². The van der Waals surface area contributed by atoms with Crippen molar-refractivity contribution in [1.29, 1.82) is 0 Å². The van der Waals surface area contributed by atoms with E-state index in [-0.39, 0.29) is 5.78 Å². The molecule has 1 aromatic carbocycles. The predicted octanol–water partition coefficient (Wildman–Crippen LogP) is 3.03. The number of rotatable bonds is 4. The van der Waals surface area contributed by atoms with E-state index >= 15 is 0 Å². The first-order valence-corrected chi connectivity index (χ1v) is 4.81. The minimum atomic E-state index is 0.214. The molecule has 13 heavy (non-hydrogen) atoms. The molecule has 0 heterocycles. The molecule has 0 aliphatic rings. The zero-order chi connectivity index (χ0) is 9.68. The predicted molar refractivity (Wildman–Crippen MR) is 53.9 cm³/mol. The molecule has 0 fully saturated rings. The molecule has 69 valence electrons. The van der Waals surface area contributed by atoms with Crippen molar-refractivity contribution >= 4 is 5.78 Å². The van der Waals surface area contributed by atoms with Crippen LogP contribution < -0.4 is 0 Å². The summed E-state index contributed by atoms with van der Waals surface area (Å²) in [6.45, 7) is 4.01. The van der Waals surface area contributed by atoms with Gasteiger partial charge < -0.3 is 0 Å². The molecule has 0 saturated carbocycles. The molecule has 0 saturated heterocycles. The maximum atomic E-state index is 11.4. The van der Waals surface area contributed by atoms with Crippen LogP contribution in [0.25, 0.3) is 0 Å². The molecule has 1 nitrogen and oxygen atoms in total. The lowest BCUT2D eigenvalue weighted by molar-refractivity contribution is 0.0988. The van der Waals surface area contributed by atoms with Crippen LogP contribution in [0.2, 0.25) is 0 Å². The van der Waals surface area contributed by atoms with Crippen LogP contribution in [0.5, 0.6) is 0 Å². The standard InChI is InChI=1S/C12H15O/c1-3-6-10-7-5-8-11(9-10)12(13)4-2/h5,8-9H,3-4,6H2,1-2H3. The second-order valence-corrected chi connectivity index (χ2v) is 3.13. The Morgan fingerprint density at radius 3 is 2.85 bits per heavy atom. The summed E-state index contributed by atoms with van der Waals surface area (Å²) in [5.41, 5.74) is 1.96. The molecule has 1 rings (SSSR count). The third kappa shape index (κ3) is 2.69. The molecule has 0 atom stereocenters.